The molecule has 1 aromatic carbocycles. The van der Waals surface area contributed by atoms with E-state index in [4.69, 9.17) is 9.47 Å². The zero-order valence-electron chi connectivity index (χ0n) is 11.7. The molecule has 0 aliphatic rings. The Morgan fingerprint density at radius 1 is 1.38 bits per heavy atom. The van der Waals surface area contributed by atoms with Crippen molar-refractivity contribution in [2.75, 3.05) is 27.4 Å². The van der Waals surface area contributed by atoms with Crippen molar-refractivity contribution in [3.05, 3.63) is 29.8 Å². The minimum atomic E-state index is -3.79. The van der Waals surface area contributed by atoms with Crippen molar-refractivity contribution in [2.45, 2.75) is 4.90 Å². The van der Waals surface area contributed by atoms with E-state index in [1.807, 2.05) is 0 Å². The summed E-state index contributed by atoms with van der Waals surface area (Å²) in [4.78, 5) is 10.3. The van der Waals surface area contributed by atoms with Crippen LogP contribution in [-0.2, 0) is 19.6 Å². The first-order valence-electron chi connectivity index (χ1n) is 5.96. The lowest BCUT2D eigenvalue weighted by Gasteiger charge is -2.11. The molecule has 0 spiro atoms. The number of carbonyl (C=O) groups is 1. The molecule has 7 nitrogen and oxygen atoms in total. The monoisotopic (exact) mass is 314 g/mol. The SMILES string of the molecule is COCCNS(=O)(=O)c1cc(/C=C/C(=O)[O-])ccc1OC. The van der Waals surface area contributed by atoms with Gasteiger partial charge in [0.15, 0.2) is 0 Å². The standard InChI is InChI=1S/C13H17NO6S/c1-19-8-7-14-21(17,18)12-9-10(4-6-13(15)16)3-5-11(12)20-2/h3-6,9,14H,7-8H2,1-2H3,(H,15,16)/p-1/b6-4+. The normalized spacial score (nSPS) is 11.7. The van der Waals surface area contributed by atoms with Crippen LogP contribution in [0, 0.1) is 0 Å². The molecule has 0 amide bonds. The Balaban J connectivity index is 3.13. The molecule has 1 N–H and O–H groups in total. The van der Waals surface area contributed by atoms with E-state index in [0.29, 0.717) is 5.56 Å². The van der Waals surface area contributed by atoms with Crippen LogP contribution in [0.25, 0.3) is 6.08 Å². The molecular weight excluding hydrogens is 298 g/mol. The third-order valence-electron chi connectivity index (χ3n) is 2.49. The van der Waals surface area contributed by atoms with Crippen molar-refractivity contribution < 1.29 is 27.8 Å². The van der Waals surface area contributed by atoms with Crippen LogP contribution in [0.4, 0.5) is 0 Å². The molecule has 0 radical (unpaired) electrons. The Hall–Kier alpha value is -1.90. The maximum Gasteiger partial charge on any atom is 0.244 e. The zero-order chi connectivity index (χ0) is 15.9. The number of aliphatic carboxylic acids is 1. The van der Waals surface area contributed by atoms with Crippen molar-refractivity contribution in [3.63, 3.8) is 0 Å². The van der Waals surface area contributed by atoms with Gasteiger partial charge in [-0.1, -0.05) is 12.1 Å². The van der Waals surface area contributed by atoms with Crippen LogP contribution in [0.3, 0.4) is 0 Å². The minimum Gasteiger partial charge on any atom is -0.545 e. The molecule has 21 heavy (non-hydrogen) atoms. The molecule has 8 heteroatoms. The fraction of sp³-hybridized carbons (Fsp3) is 0.308. The predicted molar refractivity (Wildman–Crippen MR) is 74.1 cm³/mol. The van der Waals surface area contributed by atoms with E-state index >= 15 is 0 Å². The Morgan fingerprint density at radius 3 is 2.67 bits per heavy atom. The highest BCUT2D eigenvalue weighted by molar-refractivity contribution is 7.89. The second kappa shape index (κ2) is 7.77. The fourth-order valence-electron chi connectivity index (χ4n) is 1.53. The Kier molecular flexibility index (Phi) is 6.35. The van der Waals surface area contributed by atoms with Crippen LogP contribution < -0.4 is 14.6 Å². The molecule has 0 heterocycles. The second-order valence-corrected chi connectivity index (χ2v) is 5.69. The largest absolute Gasteiger partial charge is 0.545 e. The van der Waals surface area contributed by atoms with Crippen LogP contribution in [0.15, 0.2) is 29.2 Å². The number of benzene rings is 1. The van der Waals surface area contributed by atoms with Crippen LogP contribution in [0.5, 0.6) is 5.75 Å². The average molecular weight is 314 g/mol. The van der Waals surface area contributed by atoms with E-state index in [-0.39, 0.29) is 23.8 Å². The van der Waals surface area contributed by atoms with Gasteiger partial charge in [-0.25, -0.2) is 13.1 Å². The van der Waals surface area contributed by atoms with Crippen LogP contribution in [-0.4, -0.2) is 41.8 Å². The number of carboxylic acid groups (broad SMARTS) is 1. The molecule has 0 aliphatic carbocycles. The molecule has 1 aromatic rings. The summed E-state index contributed by atoms with van der Waals surface area (Å²) >= 11 is 0. The van der Waals surface area contributed by atoms with Gasteiger partial charge in [-0.2, -0.15) is 0 Å². The molecule has 0 unspecified atom stereocenters. The molecule has 0 aliphatic heterocycles. The van der Waals surface area contributed by atoms with Gasteiger partial charge in [0.05, 0.1) is 19.7 Å². The molecule has 0 bridgehead atoms. The first kappa shape index (κ1) is 17.2. The number of rotatable bonds is 8. The van der Waals surface area contributed by atoms with Gasteiger partial charge in [0, 0.05) is 13.7 Å². The predicted octanol–water partition coefficient (Wildman–Crippen LogP) is -0.617. The third kappa shape index (κ3) is 5.18. The van der Waals surface area contributed by atoms with E-state index in [0.717, 1.165) is 6.08 Å². The maximum absolute atomic E-state index is 12.2. The first-order valence-corrected chi connectivity index (χ1v) is 7.44. The summed E-state index contributed by atoms with van der Waals surface area (Å²) in [5, 5.41) is 10.4. The molecule has 116 valence electrons. The number of ether oxygens (including phenoxy) is 2. The zero-order valence-corrected chi connectivity index (χ0v) is 12.5. The Morgan fingerprint density at radius 2 is 2.10 bits per heavy atom. The van der Waals surface area contributed by atoms with E-state index in [9.17, 15) is 18.3 Å². The lowest BCUT2D eigenvalue weighted by molar-refractivity contribution is -0.297. The Bertz CT molecular complexity index is 624. The number of methoxy groups -OCH3 is 2. The summed E-state index contributed by atoms with van der Waals surface area (Å²) in [6, 6.07) is 4.29. The van der Waals surface area contributed by atoms with Gasteiger partial charge >= 0.3 is 0 Å². The molecule has 0 atom stereocenters. The summed E-state index contributed by atoms with van der Waals surface area (Å²) in [7, 11) is -0.982. The average Bonchev–Trinajstić information content (AvgIpc) is 2.45. The summed E-state index contributed by atoms with van der Waals surface area (Å²) < 4.78 is 36.5. The fourth-order valence-corrected chi connectivity index (χ4v) is 2.74. The van der Waals surface area contributed by atoms with Gasteiger partial charge in [0.1, 0.15) is 10.6 Å². The van der Waals surface area contributed by atoms with Gasteiger partial charge in [0.25, 0.3) is 0 Å². The smallest absolute Gasteiger partial charge is 0.244 e. The van der Waals surface area contributed by atoms with Crippen LogP contribution in [0.2, 0.25) is 0 Å². The Labute approximate surface area is 123 Å². The number of carboxylic acids is 1. The molecule has 0 saturated carbocycles. The summed E-state index contributed by atoms with van der Waals surface area (Å²) in [6.45, 7) is 0.340. The van der Waals surface area contributed by atoms with Crippen molar-refractivity contribution in [3.8, 4) is 5.75 Å². The van der Waals surface area contributed by atoms with Crippen molar-refractivity contribution >= 4 is 22.1 Å². The topological polar surface area (TPSA) is 105 Å². The van der Waals surface area contributed by atoms with Gasteiger partial charge < -0.3 is 19.4 Å². The van der Waals surface area contributed by atoms with Gasteiger partial charge in [0.2, 0.25) is 10.0 Å². The molecule has 0 saturated heterocycles. The van der Waals surface area contributed by atoms with E-state index in [1.165, 1.54) is 38.5 Å². The van der Waals surface area contributed by atoms with E-state index in [2.05, 4.69) is 4.72 Å². The second-order valence-electron chi connectivity index (χ2n) is 3.95. The van der Waals surface area contributed by atoms with E-state index in [1.54, 1.807) is 0 Å². The highest BCUT2D eigenvalue weighted by Gasteiger charge is 2.19. The highest BCUT2D eigenvalue weighted by atomic mass is 32.2. The van der Waals surface area contributed by atoms with Gasteiger partial charge in [-0.3, -0.25) is 0 Å². The highest BCUT2D eigenvalue weighted by Crippen LogP contribution is 2.25. The summed E-state index contributed by atoms with van der Waals surface area (Å²) in [5.74, 6) is -1.21. The lowest BCUT2D eigenvalue weighted by Crippen LogP contribution is -2.27. The summed E-state index contributed by atoms with van der Waals surface area (Å²) in [5.41, 5.74) is 0.395. The lowest BCUT2D eigenvalue weighted by atomic mass is 10.2. The first-order chi connectivity index (χ1) is 9.90. The maximum atomic E-state index is 12.2. The minimum absolute atomic E-state index is 0.0819. The van der Waals surface area contributed by atoms with Crippen molar-refractivity contribution in [2.24, 2.45) is 0 Å². The van der Waals surface area contributed by atoms with Gasteiger partial charge in [-0.05, 0) is 23.8 Å². The van der Waals surface area contributed by atoms with E-state index < -0.39 is 16.0 Å². The third-order valence-corrected chi connectivity index (χ3v) is 3.97. The number of sulfonamides is 1. The van der Waals surface area contributed by atoms with Gasteiger partial charge in [-0.15, -0.1) is 0 Å². The molecule has 0 fully saturated rings. The van der Waals surface area contributed by atoms with Crippen LogP contribution in [0.1, 0.15) is 5.56 Å². The van der Waals surface area contributed by atoms with Crippen molar-refractivity contribution in [1.29, 1.82) is 0 Å². The quantitative estimate of drug-likeness (QED) is 0.506. The molecular formula is C13H16NO6S-. The molecule has 1 rings (SSSR count). The number of hydrogen-bond acceptors (Lipinski definition) is 6. The number of hydrogen-bond donors (Lipinski definition) is 1. The van der Waals surface area contributed by atoms with Crippen LogP contribution >= 0.6 is 0 Å². The number of carbonyl (C=O) groups excluding carboxylic acids is 1. The van der Waals surface area contributed by atoms with Crippen molar-refractivity contribution in [1.82, 2.24) is 4.72 Å². The summed E-state index contributed by atoms with van der Waals surface area (Å²) in [6.07, 6.45) is 2.06. The number of nitrogens with one attached hydrogen (secondary N) is 1. The molecule has 0 aromatic heterocycles.